The molecule has 1 aromatic heterocycles. The van der Waals surface area contributed by atoms with Crippen LogP contribution in [-0.2, 0) is 9.47 Å². The highest BCUT2D eigenvalue weighted by Gasteiger charge is 2.13. The SMILES string of the molecule is COC(=O)c1ccc(Nc2nnc(-c3ccc(C(=O)OC)cc3)c3ccccc23)cc1. The number of anilines is 2. The van der Waals surface area contributed by atoms with Gasteiger partial charge in [0.2, 0.25) is 0 Å². The number of esters is 2. The zero-order valence-electron chi connectivity index (χ0n) is 17.0. The van der Waals surface area contributed by atoms with Crippen LogP contribution in [0, 0.1) is 0 Å². The van der Waals surface area contributed by atoms with E-state index in [1.165, 1.54) is 14.2 Å². The van der Waals surface area contributed by atoms with Crippen LogP contribution >= 0.6 is 0 Å². The van der Waals surface area contributed by atoms with Crippen molar-refractivity contribution in [2.75, 3.05) is 19.5 Å². The van der Waals surface area contributed by atoms with Crippen molar-refractivity contribution in [3.63, 3.8) is 0 Å². The van der Waals surface area contributed by atoms with Gasteiger partial charge >= 0.3 is 11.9 Å². The van der Waals surface area contributed by atoms with Crippen molar-refractivity contribution in [2.24, 2.45) is 0 Å². The molecule has 0 saturated heterocycles. The predicted molar refractivity (Wildman–Crippen MR) is 117 cm³/mol. The molecule has 0 aliphatic rings. The lowest BCUT2D eigenvalue weighted by Crippen LogP contribution is -2.02. The Kier molecular flexibility index (Phi) is 5.57. The quantitative estimate of drug-likeness (QED) is 0.478. The number of carbonyl (C=O) groups excluding carboxylic acids is 2. The number of methoxy groups -OCH3 is 2. The molecule has 0 amide bonds. The van der Waals surface area contributed by atoms with Gasteiger partial charge in [-0.2, -0.15) is 0 Å². The Morgan fingerprint density at radius 1 is 0.710 bits per heavy atom. The fourth-order valence-corrected chi connectivity index (χ4v) is 3.24. The van der Waals surface area contributed by atoms with E-state index >= 15 is 0 Å². The molecule has 4 aromatic rings. The number of nitrogens with zero attached hydrogens (tertiary/aromatic N) is 2. The van der Waals surface area contributed by atoms with Crippen LogP contribution in [0.4, 0.5) is 11.5 Å². The average molecular weight is 413 g/mol. The van der Waals surface area contributed by atoms with E-state index in [0.29, 0.717) is 22.6 Å². The highest BCUT2D eigenvalue weighted by Crippen LogP contribution is 2.31. The molecule has 0 bridgehead atoms. The molecule has 4 rings (SSSR count). The zero-order valence-corrected chi connectivity index (χ0v) is 17.0. The molecule has 0 atom stereocenters. The largest absolute Gasteiger partial charge is 0.465 e. The summed E-state index contributed by atoms with van der Waals surface area (Å²) in [5, 5.41) is 13.9. The van der Waals surface area contributed by atoms with Gasteiger partial charge < -0.3 is 14.8 Å². The Labute approximate surface area is 178 Å². The Hall–Kier alpha value is -4.26. The third-order valence-electron chi connectivity index (χ3n) is 4.84. The number of hydrogen-bond donors (Lipinski definition) is 1. The van der Waals surface area contributed by atoms with Crippen molar-refractivity contribution in [2.45, 2.75) is 0 Å². The van der Waals surface area contributed by atoms with Crippen molar-refractivity contribution in [3.8, 4) is 11.3 Å². The van der Waals surface area contributed by atoms with Crippen LogP contribution in [0.2, 0.25) is 0 Å². The molecule has 1 heterocycles. The maximum Gasteiger partial charge on any atom is 0.337 e. The van der Waals surface area contributed by atoms with E-state index in [1.807, 2.05) is 36.4 Å². The number of ether oxygens (including phenoxy) is 2. The van der Waals surface area contributed by atoms with Gasteiger partial charge in [-0.15, -0.1) is 10.2 Å². The van der Waals surface area contributed by atoms with Crippen molar-refractivity contribution >= 4 is 34.2 Å². The molecule has 31 heavy (non-hydrogen) atoms. The Bertz CT molecular complexity index is 1250. The van der Waals surface area contributed by atoms with Crippen LogP contribution in [0.1, 0.15) is 20.7 Å². The number of hydrogen-bond acceptors (Lipinski definition) is 7. The van der Waals surface area contributed by atoms with Crippen LogP contribution in [0.15, 0.2) is 72.8 Å². The van der Waals surface area contributed by atoms with Crippen LogP contribution in [0.3, 0.4) is 0 Å². The van der Waals surface area contributed by atoms with Crippen LogP contribution in [0.5, 0.6) is 0 Å². The number of benzene rings is 3. The maximum atomic E-state index is 11.7. The second-order valence-corrected chi connectivity index (χ2v) is 6.71. The summed E-state index contributed by atoms with van der Waals surface area (Å²) in [5.41, 5.74) is 3.25. The molecule has 0 saturated carbocycles. The van der Waals surface area contributed by atoms with Crippen molar-refractivity contribution in [3.05, 3.63) is 83.9 Å². The van der Waals surface area contributed by atoms with E-state index in [9.17, 15) is 9.59 Å². The molecule has 7 nitrogen and oxygen atoms in total. The standard InChI is InChI=1S/C24H19N3O4/c1-30-23(28)16-9-7-15(8-10-16)21-19-5-3-4-6-20(19)22(27-26-21)25-18-13-11-17(12-14-18)24(29)31-2/h3-14H,1-2H3,(H,25,27). The second kappa shape index (κ2) is 8.62. The van der Waals surface area contributed by atoms with Crippen LogP contribution in [0.25, 0.3) is 22.0 Å². The van der Waals surface area contributed by atoms with Gasteiger partial charge in [-0.25, -0.2) is 9.59 Å². The van der Waals surface area contributed by atoms with Gasteiger partial charge in [0, 0.05) is 22.0 Å². The Morgan fingerprint density at radius 3 is 1.84 bits per heavy atom. The third kappa shape index (κ3) is 4.06. The monoisotopic (exact) mass is 413 g/mol. The summed E-state index contributed by atoms with van der Waals surface area (Å²) < 4.78 is 9.48. The van der Waals surface area contributed by atoms with Gasteiger partial charge in [0.15, 0.2) is 5.82 Å². The first-order chi connectivity index (χ1) is 15.1. The minimum Gasteiger partial charge on any atom is -0.465 e. The average Bonchev–Trinajstić information content (AvgIpc) is 2.84. The van der Waals surface area contributed by atoms with Gasteiger partial charge in [0.1, 0.15) is 5.69 Å². The maximum absolute atomic E-state index is 11.7. The molecule has 7 heteroatoms. The molecule has 0 radical (unpaired) electrons. The molecule has 0 fully saturated rings. The summed E-state index contributed by atoms with van der Waals surface area (Å²) in [4.78, 5) is 23.3. The number of nitrogens with one attached hydrogen (secondary N) is 1. The highest BCUT2D eigenvalue weighted by atomic mass is 16.5. The lowest BCUT2D eigenvalue weighted by atomic mass is 10.0. The lowest BCUT2D eigenvalue weighted by Gasteiger charge is -2.12. The van der Waals surface area contributed by atoms with Crippen molar-refractivity contribution in [1.82, 2.24) is 10.2 Å². The Morgan fingerprint density at radius 2 is 1.26 bits per heavy atom. The predicted octanol–water partition coefficient (Wildman–Crippen LogP) is 4.61. The molecule has 0 aliphatic heterocycles. The molecule has 3 aromatic carbocycles. The molecule has 0 unspecified atom stereocenters. The fraction of sp³-hybridized carbons (Fsp3) is 0.0833. The minimum atomic E-state index is -0.389. The van der Waals surface area contributed by atoms with Gasteiger partial charge in [-0.3, -0.25) is 0 Å². The molecule has 0 aliphatic carbocycles. The highest BCUT2D eigenvalue weighted by molar-refractivity contribution is 6.01. The van der Waals surface area contributed by atoms with E-state index in [2.05, 4.69) is 15.5 Å². The van der Waals surface area contributed by atoms with Gasteiger partial charge in [0.05, 0.1) is 25.3 Å². The Balaban J connectivity index is 1.68. The summed E-state index contributed by atoms with van der Waals surface area (Å²) in [7, 11) is 2.70. The van der Waals surface area contributed by atoms with Gasteiger partial charge in [-0.1, -0.05) is 36.4 Å². The summed E-state index contributed by atoms with van der Waals surface area (Å²) in [6.07, 6.45) is 0. The zero-order chi connectivity index (χ0) is 21.8. The van der Waals surface area contributed by atoms with Crippen molar-refractivity contribution < 1.29 is 19.1 Å². The summed E-state index contributed by atoms with van der Waals surface area (Å²) >= 11 is 0. The number of rotatable bonds is 5. The molecule has 154 valence electrons. The first kappa shape index (κ1) is 20.0. The van der Waals surface area contributed by atoms with E-state index in [4.69, 9.17) is 9.47 Å². The van der Waals surface area contributed by atoms with Crippen LogP contribution in [-0.4, -0.2) is 36.4 Å². The van der Waals surface area contributed by atoms with E-state index < -0.39 is 0 Å². The number of fused-ring (bicyclic) bond motifs is 1. The van der Waals surface area contributed by atoms with Crippen molar-refractivity contribution in [1.29, 1.82) is 0 Å². The summed E-state index contributed by atoms with van der Waals surface area (Å²) in [6, 6.07) is 21.8. The van der Waals surface area contributed by atoms with E-state index in [0.717, 1.165) is 22.0 Å². The minimum absolute atomic E-state index is 0.389. The molecular formula is C24H19N3O4. The summed E-state index contributed by atoms with van der Waals surface area (Å²) in [6.45, 7) is 0. The van der Waals surface area contributed by atoms with Gasteiger partial charge in [0.25, 0.3) is 0 Å². The number of carbonyl (C=O) groups is 2. The molecule has 0 spiro atoms. The van der Waals surface area contributed by atoms with Gasteiger partial charge in [-0.05, 0) is 36.4 Å². The lowest BCUT2D eigenvalue weighted by molar-refractivity contribution is 0.0592. The molecule has 1 N–H and O–H groups in total. The van der Waals surface area contributed by atoms with E-state index in [1.54, 1.807) is 36.4 Å². The first-order valence-corrected chi connectivity index (χ1v) is 9.50. The summed E-state index contributed by atoms with van der Waals surface area (Å²) in [5.74, 6) is -0.184. The molecular weight excluding hydrogens is 394 g/mol. The normalized spacial score (nSPS) is 10.5. The third-order valence-corrected chi connectivity index (χ3v) is 4.84. The van der Waals surface area contributed by atoms with E-state index in [-0.39, 0.29) is 11.9 Å². The smallest absolute Gasteiger partial charge is 0.337 e. The fourth-order valence-electron chi connectivity index (χ4n) is 3.24. The number of aromatic nitrogens is 2. The topological polar surface area (TPSA) is 90.4 Å². The van der Waals surface area contributed by atoms with Crippen LogP contribution < -0.4 is 5.32 Å². The first-order valence-electron chi connectivity index (χ1n) is 9.50. The second-order valence-electron chi connectivity index (χ2n) is 6.71.